The van der Waals surface area contributed by atoms with Gasteiger partial charge in [-0.2, -0.15) is 9.97 Å². The van der Waals surface area contributed by atoms with Crippen molar-refractivity contribution in [1.82, 2.24) is 34.1 Å². The highest BCUT2D eigenvalue weighted by Crippen LogP contribution is 2.50. The molecule has 8 N–H and O–H groups in total. The van der Waals surface area contributed by atoms with Crippen molar-refractivity contribution in [2.24, 2.45) is 0 Å². The van der Waals surface area contributed by atoms with E-state index in [-0.39, 0.29) is 23.1 Å². The van der Waals surface area contributed by atoms with Crippen LogP contribution >= 0.6 is 31.0 Å². The van der Waals surface area contributed by atoms with E-state index in [0.717, 1.165) is 10.9 Å². The van der Waals surface area contributed by atoms with Gasteiger partial charge >= 0.3 is 13.5 Å². The number of phosphoric acid groups is 1. The van der Waals surface area contributed by atoms with Gasteiger partial charge in [0.05, 0.1) is 19.5 Å². The summed E-state index contributed by atoms with van der Waals surface area (Å²) in [6, 6.07) is 0. The Balaban J connectivity index is 1.27. The van der Waals surface area contributed by atoms with Gasteiger partial charge in [0.15, 0.2) is 23.6 Å². The number of hydrogen-bond donors (Lipinski definition) is 6. The molecule has 0 bridgehead atoms. The van der Waals surface area contributed by atoms with Crippen molar-refractivity contribution in [1.29, 1.82) is 0 Å². The summed E-state index contributed by atoms with van der Waals surface area (Å²) in [7, 11) is -4.94. The highest BCUT2D eigenvalue weighted by Gasteiger charge is 2.50. The molecule has 3 unspecified atom stereocenters. The van der Waals surface area contributed by atoms with Crippen molar-refractivity contribution < 1.29 is 38.2 Å². The number of nitrogen functional groups attached to an aromatic ring is 2. The van der Waals surface area contributed by atoms with Gasteiger partial charge < -0.3 is 36.0 Å². The molecule has 0 aliphatic carbocycles. The summed E-state index contributed by atoms with van der Waals surface area (Å²) in [6.07, 6.45) is -5.51. The number of aliphatic hydroxyl groups excluding tert-OH is 2. The van der Waals surface area contributed by atoms with Crippen LogP contribution < -0.4 is 22.7 Å². The molecular formula is C18H22Cl2N9O10P. The van der Waals surface area contributed by atoms with Crippen molar-refractivity contribution in [2.75, 3.05) is 24.7 Å². The van der Waals surface area contributed by atoms with Crippen molar-refractivity contribution >= 4 is 54.1 Å². The van der Waals surface area contributed by atoms with Crippen LogP contribution in [0.25, 0.3) is 11.2 Å². The molecule has 40 heavy (non-hydrogen) atoms. The zero-order valence-electron chi connectivity index (χ0n) is 19.9. The topological polar surface area (TPSA) is 278 Å². The Morgan fingerprint density at radius 1 is 1.07 bits per heavy atom. The zero-order valence-corrected chi connectivity index (χ0v) is 22.3. The van der Waals surface area contributed by atoms with Crippen LogP contribution in [0.1, 0.15) is 12.5 Å². The molecule has 5 rings (SSSR count). The number of fused-ring (bicyclic) bond motifs is 1. The van der Waals surface area contributed by atoms with Gasteiger partial charge in [0.1, 0.15) is 41.5 Å². The molecule has 3 aromatic heterocycles. The van der Waals surface area contributed by atoms with E-state index in [1.54, 1.807) is 0 Å². The first-order valence-electron chi connectivity index (χ1n) is 11.4. The highest BCUT2D eigenvalue weighted by molar-refractivity contribution is 7.47. The maximum Gasteiger partial charge on any atom is 0.472 e. The molecule has 2 aliphatic heterocycles. The lowest BCUT2D eigenvalue weighted by Crippen LogP contribution is -2.35. The Kier molecular flexibility index (Phi) is 7.87. The Morgan fingerprint density at radius 2 is 1.75 bits per heavy atom. The molecular weight excluding hydrogens is 604 g/mol. The normalized spacial score (nSPS) is 32.0. The molecule has 0 aromatic carbocycles. The van der Waals surface area contributed by atoms with Gasteiger partial charge in [-0.15, -0.1) is 23.2 Å². The van der Waals surface area contributed by atoms with Gasteiger partial charge in [0, 0.05) is 0 Å². The smallest absolute Gasteiger partial charge is 0.394 e. The van der Waals surface area contributed by atoms with Crippen LogP contribution in [-0.2, 0) is 23.1 Å². The molecule has 0 spiro atoms. The molecule has 0 amide bonds. The van der Waals surface area contributed by atoms with Gasteiger partial charge in [0.25, 0.3) is 5.56 Å². The molecule has 218 valence electrons. The van der Waals surface area contributed by atoms with Gasteiger partial charge in [-0.05, 0) is 0 Å². The molecule has 0 saturated carbocycles. The second kappa shape index (κ2) is 10.9. The quantitative estimate of drug-likeness (QED) is 0.114. The lowest BCUT2D eigenvalue weighted by atomic mass is 10.2. The van der Waals surface area contributed by atoms with E-state index in [0.29, 0.717) is 0 Å². The zero-order chi connectivity index (χ0) is 28.9. The Bertz CT molecular complexity index is 1570. The number of ether oxygens (including phenoxy) is 2. The fourth-order valence-electron chi connectivity index (χ4n) is 4.27. The minimum absolute atomic E-state index is 0.0337. The van der Waals surface area contributed by atoms with Crippen LogP contribution in [0.2, 0.25) is 0 Å². The number of nitrogens with zero attached hydrogens (tertiary/aromatic N) is 6. The summed E-state index contributed by atoms with van der Waals surface area (Å²) < 4.78 is 36.4. The van der Waals surface area contributed by atoms with E-state index >= 15 is 0 Å². The SMILES string of the molecule is Nc1ncn([C@@H]2O[C@H](CO)[C@H](OP(=O)(O)OC[C@H]3O[C@@H](n4cnc5c(=O)[nH]c(N)nc54)C(Cl)[C@H]3O)C2Cl)c(=O)n1. The minimum Gasteiger partial charge on any atom is -0.394 e. The lowest BCUT2D eigenvalue weighted by molar-refractivity contribution is -0.0565. The first-order valence-corrected chi connectivity index (χ1v) is 13.7. The van der Waals surface area contributed by atoms with Crippen LogP contribution in [0.15, 0.2) is 22.2 Å². The fraction of sp³-hybridized carbons (Fsp3) is 0.556. The first-order chi connectivity index (χ1) is 18.9. The van der Waals surface area contributed by atoms with E-state index in [2.05, 4.69) is 24.9 Å². The number of halogens is 2. The molecule has 2 fully saturated rings. The molecule has 9 atom stereocenters. The molecule has 2 saturated heterocycles. The maximum atomic E-state index is 12.8. The largest absolute Gasteiger partial charge is 0.472 e. The van der Waals surface area contributed by atoms with Crippen molar-refractivity contribution in [3.05, 3.63) is 33.5 Å². The number of imidazole rings is 1. The van der Waals surface area contributed by atoms with Gasteiger partial charge in [-0.25, -0.2) is 19.3 Å². The summed E-state index contributed by atoms with van der Waals surface area (Å²) in [5.41, 5.74) is 9.49. The van der Waals surface area contributed by atoms with Gasteiger partial charge in [0.2, 0.25) is 11.9 Å². The van der Waals surface area contributed by atoms with E-state index in [1.165, 1.54) is 10.9 Å². The monoisotopic (exact) mass is 625 g/mol. The molecule has 2 aliphatic rings. The summed E-state index contributed by atoms with van der Waals surface area (Å²) in [4.78, 5) is 52.0. The van der Waals surface area contributed by atoms with Crippen LogP contribution in [0.4, 0.5) is 11.9 Å². The lowest BCUT2D eigenvalue weighted by Gasteiger charge is -2.23. The molecule has 0 radical (unpaired) electrons. The predicted octanol–water partition coefficient (Wildman–Crippen LogP) is -2.20. The Labute approximate surface area is 232 Å². The Hall–Kier alpha value is -2.71. The van der Waals surface area contributed by atoms with Crippen LogP contribution in [0.3, 0.4) is 0 Å². The summed E-state index contributed by atoms with van der Waals surface area (Å²) >= 11 is 12.7. The molecule has 22 heteroatoms. The number of hydrogen-bond acceptors (Lipinski definition) is 15. The third-order valence-electron chi connectivity index (χ3n) is 6.14. The second-order valence-electron chi connectivity index (χ2n) is 8.71. The van der Waals surface area contributed by atoms with Gasteiger partial charge in [-0.3, -0.25) is 28.0 Å². The predicted molar refractivity (Wildman–Crippen MR) is 134 cm³/mol. The van der Waals surface area contributed by atoms with Crippen LogP contribution in [0.5, 0.6) is 0 Å². The number of aliphatic hydroxyl groups is 2. The molecule has 5 heterocycles. The van der Waals surface area contributed by atoms with Gasteiger partial charge in [-0.1, -0.05) is 0 Å². The average Bonchev–Trinajstić information content (AvgIpc) is 3.53. The van der Waals surface area contributed by atoms with E-state index in [1.807, 2.05) is 0 Å². The summed E-state index contributed by atoms with van der Waals surface area (Å²) in [5, 5.41) is 17.9. The van der Waals surface area contributed by atoms with Crippen molar-refractivity contribution in [3.8, 4) is 0 Å². The number of anilines is 2. The summed E-state index contributed by atoms with van der Waals surface area (Å²) in [6.45, 7) is -1.38. The van der Waals surface area contributed by atoms with Crippen LogP contribution in [0, 0.1) is 0 Å². The fourth-order valence-corrected chi connectivity index (χ4v) is 6.05. The number of nitrogens with one attached hydrogen (secondary N) is 1. The average molecular weight is 626 g/mol. The minimum atomic E-state index is -4.94. The third kappa shape index (κ3) is 5.32. The number of aromatic amines is 1. The number of phosphoric ester groups is 1. The highest BCUT2D eigenvalue weighted by atomic mass is 35.5. The number of nitrogens with two attached hydrogens (primary N) is 2. The van der Waals surface area contributed by atoms with Crippen LogP contribution in [-0.4, -0.2) is 97.5 Å². The first kappa shape index (κ1) is 28.8. The standard InChI is InChI=1S/C18H22Cl2N9O10P/c19-7-10(31)6(38-14(7)28-3-23-9-12(28)25-17(22)26-13(9)32)2-36-40(34,35)39-11-5(1-30)37-15(8(11)20)29-4-24-16(21)27-18(29)33/h3-8,10-11,14-15,30-31H,1-2H2,(H,34,35)(H2,21,27,33)(H3,22,25,26,32)/t5-,6-,7?,8?,10+,11+,14-,15-/m1/s1. The number of aromatic nitrogens is 7. The number of rotatable bonds is 8. The molecule has 3 aromatic rings. The van der Waals surface area contributed by atoms with E-state index in [4.69, 9.17) is 53.2 Å². The maximum absolute atomic E-state index is 12.8. The Morgan fingerprint density at radius 3 is 2.45 bits per heavy atom. The van der Waals surface area contributed by atoms with E-state index in [9.17, 15) is 29.3 Å². The second-order valence-corrected chi connectivity index (χ2v) is 11.1. The third-order valence-corrected chi connectivity index (χ3v) is 8.06. The number of H-pyrrole nitrogens is 1. The van der Waals surface area contributed by atoms with E-state index < -0.39 is 79.9 Å². The summed E-state index contributed by atoms with van der Waals surface area (Å²) in [5.74, 6) is -0.481. The number of alkyl halides is 2. The van der Waals surface area contributed by atoms with Crippen molar-refractivity contribution in [3.63, 3.8) is 0 Å². The molecule has 19 nitrogen and oxygen atoms in total. The van der Waals surface area contributed by atoms with Crippen molar-refractivity contribution in [2.45, 2.75) is 47.6 Å².